The van der Waals surface area contributed by atoms with Crippen LogP contribution < -0.4 is 5.32 Å². The highest BCUT2D eigenvalue weighted by Gasteiger charge is 2.20. The molecule has 1 amide bonds. The lowest BCUT2D eigenvalue weighted by atomic mass is 9.99. The summed E-state index contributed by atoms with van der Waals surface area (Å²) in [6.07, 6.45) is -0.186. The first-order valence-corrected chi connectivity index (χ1v) is 7.93. The molecule has 0 saturated heterocycles. The van der Waals surface area contributed by atoms with Gasteiger partial charge in [-0.3, -0.25) is 14.3 Å². The Labute approximate surface area is 145 Å². The predicted molar refractivity (Wildman–Crippen MR) is 91.0 cm³/mol. The lowest BCUT2D eigenvalue weighted by molar-refractivity contribution is -0.137. The van der Waals surface area contributed by atoms with E-state index in [-0.39, 0.29) is 18.9 Å². The van der Waals surface area contributed by atoms with E-state index in [4.69, 9.17) is 16.7 Å². The van der Waals surface area contributed by atoms with E-state index in [0.29, 0.717) is 16.4 Å². The van der Waals surface area contributed by atoms with Crippen LogP contribution in [0.5, 0.6) is 0 Å². The Morgan fingerprint density at radius 2 is 1.96 bits per heavy atom. The smallest absolute Gasteiger partial charge is 0.305 e. The number of hydrogen-bond donors (Lipinski definition) is 2. The van der Waals surface area contributed by atoms with Crippen LogP contribution in [-0.4, -0.2) is 26.8 Å². The highest BCUT2D eigenvalue weighted by atomic mass is 35.5. The zero-order valence-electron chi connectivity index (χ0n) is 13.8. The van der Waals surface area contributed by atoms with Gasteiger partial charge in [0, 0.05) is 0 Å². The number of amides is 1. The van der Waals surface area contributed by atoms with Crippen LogP contribution in [0.1, 0.15) is 35.0 Å². The van der Waals surface area contributed by atoms with E-state index in [9.17, 15) is 9.59 Å². The SMILES string of the molecule is Cc1ccccc1[C@@H](CC(=O)O)NC(=O)Cn1nc(C)c(Cl)c1C. The Kier molecular flexibility index (Phi) is 5.62. The Balaban J connectivity index is 2.17. The van der Waals surface area contributed by atoms with E-state index in [2.05, 4.69) is 10.4 Å². The molecule has 0 spiro atoms. The monoisotopic (exact) mass is 349 g/mol. The third-order valence-electron chi connectivity index (χ3n) is 3.86. The fourth-order valence-electron chi connectivity index (χ4n) is 2.60. The number of aromatic nitrogens is 2. The summed E-state index contributed by atoms with van der Waals surface area (Å²) in [7, 11) is 0. The minimum absolute atomic E-state index is 0.0125. The molecule has 1 aromatic heterocycles. The van der Waals surface area contributed by atoms with Gasteiger partial charge >= 0.3 is 5.97 Å². The van der Waals surface area contributed by atoms with Crippen LogP contribution in [0.4, 0.5) is 0 Å². The van der Waals surface area contributed by atoms with E-state index in [1.54, 1.807) is 13.8 Å². The number of carboxylic acid groups (broad SMARTS) is 1. The summed E-state index contributed by atoms with van der Waals surface area (Å²) in [4.78, 5) is 23.5. The van der Waals surface area contributed by atoms with Crippen molar-refractivity contribution >= 4 is 23.5 Å². The van der Waals surface area contributed by atoms with Crippen LogP contribution in [0.25, 0.3) is 0 Å². The fourth-order valence-corrected chi connectivity index (χ4v) is 2.73. The summed E-state index contributed by atoms with van der Waals surface area (Å²) in [5.74, 6) is -1.29. The second kappa shape index (κ2) is 7.49. The van der Waals surface area contributed by atoms with Crippen molar-refractivity contribution in [2.75, 3.05) is 0 Å². The first-order chi connectivity index (χ1) is 11.3. The number of carbonyl (C=O) groups excluding carboxylic acids is 1. The number of aryl methyl sites for hydroxylation is 2. The second-order valence-electron chi connectivity index (χ2n) is 5.72. The van der Waals surface area contributed by atoms with Crippen molar-refractivity contribution in [2.24, 2.45) is 0 Å². The zero-order chi connectivity index (χ0) is 17.9. The first-order valence-electron chi connectivity index (χ1n) is 7.55. The lowest BCUT2D eigenvalue weighted by Gasteiger charge is -2.19. The number of halogens is 1. The van der Waals surface area contributed by atoms with Gasteiger partial charge in [0.2, 0.25) is 5.91 Å². The number of rotatable bonds is 6. The molecule has 7 heteroatoms. The van der Waals surface area contributed by atoms with Crippen LogP contribution in [0.15, 0.2) is 24.3 Å². The zero-order valence-corrected chi connectivity index (χ0v) is 14.6. The molecule has 0 aliphatic heterocycles. The van der Waals surface area contributed by atoms with Crippen LogP contribution in [0.2, 0.25) is 5.02 Å². The quantitative estimate of drug-likeness (QED) is 0.839. The number of carboxylic acids is 1. The minimum Gasteiger partial charge on any atom is -0.481 e. The maximum absolute atomic E-state index is 12.4. The van der Waals surface area contributed by atoms with Crippen molar-refractivity contribution in [3.8, 4) is 0 Å². The summed E-state index contributed by atoms with van der Waals surface area (Å²) in [6, 6.07) is 6.81. The van der Waals surface area contributed by atoms with Crippen molar-refractivity contribution in [1.29, 1.82) is 0 Å². The topological polar surface area (TPSA) is 84.2 Å². The number of nitrogens with zero attached hydrogens (tertiary/aromatic N) is 2. The van der Waals surface area contributed by atoms with Gasteiger partial charge in [-0.25, -0.2) is 0 Å². The summed E-state index contributed by atoms with van der Waals surface area (Å²) >= 11 is 6.08. The predicted octanol–water partition coefficient (Wildman–Crippen LogP) is 2.79. The van der Waals surface area contributed by atoms with Gasteiger partial charge in [-0.2, -0.15) is 5.10 Å². The molecule has 0 radical (unpaired) electrons. The Morgan fingerprint density at radius 1 is 1.29 bits per heavy atom. The molecule has 0 fully saturated rings. The Morgan fingerprint density at radius 3 is 2.50 bits per heavy atom. The Hall–Kier alpha value is -2.34. The van der Waals surface area contributed by atoms with Gasteiger partial charge in [-0.05, 0) is 31.9 Å². The van der Waals surface area contributed by atoms with Gasteiger partial charge in [0.25, 0.3) is 0 Å². The molecular formula is C17H20ClN3O3. The van der Waals surface area contributed by atoms with Crippen molar-refractivity contribution < 1.29 is 14.7 Å². The molecule has 1 atom stereocenters. The van der Waals surface area contributed by atoms with Gasteiger partial charge in [0.1, 0.15) is 6.54 Å². The van der Waals surface area contributed by atoms with Gasteiger partial charge in [0.05, 0.1) is 28.9 Å². The molecule has 0 bridgehead atoms. The first kappa shape index (κ1) is 18.0. The van der Waals surface area contributed by atoms with E-state index in [1.165, 1.54) is 4.68 Å². The number of nitrogens with one attached hydrogen (secondary N) is 1. The van der Waals surface area contributed by atoms with Crippen molar-refractivity contribution in [2.45, 2.75) is 39.8 Å². The molecule has 2 aromatic rings. The lowest BCUT2D eigenvalue weighted by Crippen LogP contribution is -2.33. The summed E-state index contributed by atoms with van der Waals surface area (Å²) in [6.45, 7) is 5.43. The number of aliphatic carboxylic acids is 1. The standard InChI is InChI=1S/C17H20ClN3O3/c1-10-6-4-5-7-13(10)14(8-16(23)24)19-15(22)9-21-12(3)17(18)11(2)20-21/h4-7,14H,8-9H2,1-3H3,(H,19,22)(H,23,24)/t14-/m1/s1. The molecular weight excluding hydrogens is 330 g/mol. The molecule has 2 rings (SSSR count). The maximum Gasteiger partial charge on any atom is 0.305 e. The number of hydrogen-bond acceptors (Lipinski definition) is 3. The summed E-state index contributed by atoms with van der Waals surface area (Å²) < 4.78 is 1.52. The largest absolute Gasteiger partial charge is 0.481 e. The van der Waals surface area contributed by atoms with Crippen LogP contribution in [0, 0.1) is 20.8 Å². The van der Waals surface area contributed by atoms with E-state index in [1.807, 2.05) is 31.2 Å². The van der Waals surface area contributed by atoms with Crippen molar-refractivity contribution in [3.05, 3.63) is 51.8 Å². The highest BCUT2D eigenvalue weighted by molar-refractivity contribution is 6.31. The van der Waals surface area contributed by atoms with E-state index in [0.717, 1.165) is 11.1 Å². The average molecular weight is 350 g/mol. The van der Waals surface area contributed by atoms with E-state index < -0.39 is 12.0 Å². The fraction of sp³-hybridized carbons (Fsp3) is 0.353. The average Bonchev–Trinajstić information content (AvgIpc) is 2.74. The summed E-state index contributed by atoms with van der Waals surface area (Å²) in [5, 5.41) is 16.7. The highest BCUT2D eigenvalue weighted by Crippen LogP contribution is 2.21. The molecule has 1 aromatic carbocycles. The van der Waals surface area contributed by atoms with Crippen molar-refractivity contribution in [1.82, 2.24) is 15.1 Å². The van der Waals surface area contributed by atoms with Crippen molar-refractivity contribution in [3.63, 3.8) is 0 Å². The van der Waals surface area contributed by atoms with Gasteiger partial charge in [-0.1, -0.05) is 35.9 Å². The van der Waals surface area contributed by atoms with Crippen LogP contribution >= 0.6 is 11.6 Å². The third-order valence-corrected chi connectivity index (χ3v) is 4.41. The van der Waals surface area contributed by atoms with E-state index >= 15 is 0 Å². The number of carbonyl (C=O) groups is 2. The van der Waals surface area contributed by atoms with Gasteiger partial charge < -0.3 is 10.4 Å². The number of benzene rings is 1. The second-order valence-corrected chi connectivity index (χ2v) is 6.09. The third kappa shape index (κ3) is 4.14. The molecule has 0 unspecified atom stereocenters. The molecule has 0 aliphatic carbocycles. The minimum atomic E-state index is -0.974. The molecule has 24 heavy (non-hydrogen) atoms. The van der Waals surface area contributed by atoms with Crippen LogP contribution in [-0.2, 0) is 16.1 Å². The molecule has 1 heterocycles. The molecule has 0 aliphatic rings. The maximum atomic E-state index is 12.4. The van der Waals surface area contributed by atoms with Gasteiger partial charge in [0.15, 0.2) is 0 Å². The van der Waals surface area contributed by atoms with Gasteiger partial charge in [-0.15, -0.1) is 0 Å². The molecule has 6 nitrogen and oxygen atoms in total. The normalized spacial score (nSPS) is 12.0. The molecule has 2 N–H and O–H groups in total. The molecule has 0 saturated carbocycles. The molecule has 128 valence electrons. The Bertz CT molecular complexity index is 770. The summed E-state index contributed by atoms with van der Waals surface area (Å²) in [5.41, 5.74) is 3.08. The van der Waals surface area contributed by atoms with Crippen LogP contribution in [0.3, 0.4) is 0 Å².